The van der Waals surface area contributed by atoms with Gasteiger partial charge in [-0.25, -0.2) is 9.48 Å². The van der Waals surface area contributed by atoms with E-state index in [0.29, 0.717) is 22.3 Å². The molecule has 2 aromatic carbocycles. The number of carbonyl (C=O) groups is 2. The third-order valence-corrected chi connectivity index (χ3v) is 3.88. The quantitative estimate of drug-likeness (QED) is 0.729. The highest BCUT2D eigenvalue weighted by molar-refractivity contribution is 6.01. The molecule has 1 heterocycles. The van der Waals surface area contributed by atoms with E-state index in [4.69, 9.17) is 0 Å². The average Bonchev–Trinajstić information content (AvgIpc) is 2.92. The van der Waals surface area contributed by atoms with Crippen LogP contribution in [0.3, 0.4) is 0 Å². The maximum Gasteiger partial charge on any atom is 0.413 e. The third kappa shape index (κ3) is 2.98. The second-order valence-electron chi connectivity index (χ2n) is 6.75. The number of rotatable bonds is 3. The number of benzene rings is 2. The van der Waals surface area contributed by atoms with Gasteiger partial charge in [-0.05, 0) is 45.0 Å². The molecule has 0 atom stereocenters. The van der Waals surface area contributed by atoms with Crippen LogP contribution in [0.25, 0.3) is 16.6 Å². The Balaban J connectivity index is 2.37. The molecule has 1 amide bonds. The lowest BCUT2D eigenvalue weighted by Crippen LogP contribution is -2.46. The molecule has 3 aromatic rings. The number of para-hydroxylation sites is 1. The Kier molecular flexibility index (Phi) is 4.04. The van der Waals surface area contributed by atoms with Gasteiger partial charge in [-0.1, -0.05) is 24.3 Å². The van der Waals surface area contributed by atoms with Gasteiger partial charge in [0.1, 0.15) is 12.1 Å². The first kappa shape index (κ1) is 16.7. The van der Waals surface area contributed by atoms with Crippen LogP contribution in [0.5, 0.6) is 0 Å². The molecular formula is C19H19N3O3. The average molecular weight is 337 g/mol. The van der Waals surface area contributed by atoms with Gasteiger partial charge in [0.15, 0.2) is 0 Å². The number of aromatic nitrogens is 2. The Bertz CT molecular complexity index is 940. The van der Waals surface area contributed by atoms with Crippen LogP contribution in [0.4, 0.5) is 10.6 Å². The van der Waals surface area contributed by atoms with Gasteiger partial charge in [0.25, 0.3) is 0 Å². The first-order chi connectivity index (χ1) is 11.8. The van der Waals surface area contributed by atoms with E-state index in [2.05, 4.69) is 5.10 Å². The maximum absolute atomic E-state index is 12.0. The zero-order valence-corrected chi connectivity index (χ0v) is 14.3. The van der Waals surface area contributed by atoms with Crippen LogP contribution in [-0.2, 0) is 0 Å². The van der Waals surface area contributed by atoms with Crippen molar-refractivity contribution < 1.29 is 14.7 Å². The molecule has 0 aliphatic heterocycles. The van der Waals surface area contributed by atoms with Gasteiger partial charge in [-0.3, -0.25) is 9.69 Å². The van der Waals surface area contributed by atoms with E-state index in [9.17, 15) is 14.7 Å². The van der Waals surface area contributed by atoms with E-state index in [1.807, 2.05) is 51.1 Å². The van der Waals surface area contributed by atoms with Gasteiger partial charge in [-0.15, -0.1) is 0 Å². The topological polar surface area (TPSA) is 75.4 Å². The highest BCUT2D eigenvalue weighted by atomic mass is 16.4. The molecule has 1 N–H and O–H groups in total. The Morgan fingerprint density at radius 1 is 1.16 bits per heavy atom. The van der Waals surface area contributed by atoms with Crippen molar-refractivity contribution in [2.45, 2.75) is 26.3 Å². The fourth-order valence-corrected chi connectivity index (χ4v) is 2.82. The van der Waals surface area contributed by atoms with Crippen LogP contribution in [0, 0.1) is 0 Å². The van der Waals surface area contributed by atoms with Gasteiger partial charge in [0.05, 0.1) is 11.2 Å². The summed E-state index contributed by atoms with van der Waals surface area (Å²) >= 11 is 0. The lowest BCUT2D eigenvalue weighted by molar-refractivity contribution is 0.112. The summed E-state index contributed by atoms with van der Waals surface area (Å²) in [4.78, 5) is 24.4. The van der Waals surface area contributed by atoms with Crippen molar-refractivity contribution in [1.82, 2.24) is 9.78 Å². The van der Waals surface area contributed by atoms with Crippen LogP contribution in [-0.4, -0.2) is 32.8 Å². The van der Waals surface area contributed by atoms with Crippen LogP contribution in [0.15, 0.2) is 48.5 Å². The number of carboxylic acid groups (broad SMARTS) is 1. The van der Waals surface area contributed by atoms with Crippen LogP contribution >= 0.6 is 0 Å². The molecular weight excluding hydrogens is 318 g/mol. The first-order valence-corrected chi connectivity index (χ1v) is 7.89. The number of anilines is 1. The highest BCUT2D eigenvalue weighted by Crippen LogP contribution is 2.34. The van der Waals surface area contributed by atoms with Crippen LogP contribution < -0.4 is 4.90 Å². The second-order valence-corrected chi connectivity index (χ2v) is 6.75. The standard InChI is InChI=1S/C19H19N3O3/c1-19(2,3)21(18(24)25)17-15-10-9-13(12-23)11-16(15)20-22(17)14-7-5-4-6-8-14/h4-12H,1-3H3,(H,24,25). The largest absolute Gasteiger partial charge is 0.465 e. The van der Waals surface area contributed by atoms with E-state index in [0.717, 1.165) is 12.0 Å². The summed E-state index contributed by atoms with van der Waals surface area (Å²) in [7, 11) is 0. The van der Waals surface area contributed by atoms with Crippen molar-refractivity contribution in [2.24, 2.45) is 0 Å². The van der Waals surface area contributed by atoms with Crippen LogP contribution in [0.1, 0.15) is 31.1 Å². The summed E-state index contributed by atoms with van der Waals surface area (Å²) < 4.78 is 1.61. The number of nitrogens with zero attached hydrogens (tertiary/aromatic N) is 3. The molecule has 6 nitrogen and oxygen atoms in total. The molecule has 25 heavy (non-hydrogen) atoms. The molecule has 0 bridgehead atoms. The number of amides is 1. The molecule has 0 aliphatic carbocycles. The Morgan fingerprint density at radius 2 is 1.84 bits per heavy atom. The molecule has 0 saturated carbocycles. The van der Waals surface area contributed by atoms with Crippen molar-refractivity contribution in [3.63, 3.8) is 0 Å². The normalized spacial score (nSPS) is 11.5. The van der Waals surface area contributed by atoms with Gasteiger partial charge in [0.2, 0.25) is 0 Å². The Labute approximate surface area is 145 Å². The summed E-state index contributed by atoms with van der Waals surface area (Å²) in [6.07, 6.45) is -0.315. The molecule has 0 saturated heterocycles. The highest BCUT2D eigenvalue weighted by Gasteiger charge is 2.33. The summed E-state index contributed by atoms with van der Waals surface area (Å²) in [6.45, 7) is 5.49. The second kappa shape index (κ2) is 6.05. The van der Waals surface area contributed by atoms with Gasteiger partial charge in [0, 0.05) is 16.5 Å². The predicted molar refractivity (Wildman–Crippen MR) is 96.7 cm³/mol. The number of carbonyl (C=O) groups excluding carboxylic acids is 1. The van der Waals surface area contributed by atoms with Crippen molar-refractivity contribution in [3.8, 4) is 5.69 Å². The third-order valence-electron chi connectivity index (χ3n) is 3.88. The minimum absolute atomic E-state index is 0.457. The lowest BCUT2D eigenvalue weighted by Gasteiger charge is -2.33. The Hall–Kier alpha value is -3.15. The fourth-order valence-electron chi connectivity index (χ4n) is 2.82. The fraction of sp³-hybridized carbons (Fsp3) is 0.211. The molecule has 1 aromatic heterocycles. The maximum atomic E-state index is 12.0. The molecule has 0 radical (unpaired) electrons. The predicted octanol–water partition coefficient (Wildman–Crippen LogP) is 4.12. The summed E-state index contributed by atoms with van der Waals surface area (Å²) in [6, 6.07) is 14.4. The van der Waals surface area contributed by atoms with Gasteiger partial charge < -0.3 is 5.11 Å². The lowest BCUT2D eigenvalue weighted by atomic mass is 10.1. The summed E-state index contributed by atoms with van der Waals surface area (Å²) in [5.41, 5.74) is 1.14. The SMILES string of the molecule is CC(C)(C)N(C(=O)O)c1c2ccc(C=O)cc2nn1-c1ccccc1. The molecule has 128 valence electrons. The number of hydrogen-bond donors (Lipinski definition) is 1. The number of hydrogen-bond acceptors (Lipinski definition) is 3. The summed E-state index contributed by atoms with van der Waals surface area (Å²) in [5, 5.41) is 15.1. The summed E-state index contributed by atoms with van der Waals surface area (Å²) in [5.74, 6) is 0.457. The first-order valence-electron chi connectivity index (χ1n) is 7.89. The number of fused-ring (bicyclic) bond motifs is 1. The molecule has 0 fully saturated rings. The molecule has 0 spiro atoms. The number of aldehydes is 1. The minimum Gasteiger partial charge on any atom is -0.465 e. The van der Waals surface area contributed by atoms with E-state index in [-0.39, 0.29) is 0 Å². The van der Waals surface area contributed by atoms with Crippen molar-refractivity contribution >= 4 is 29.1 Å². The smallest absolute Gasteiger partial charge is 0.413 e. The zero-order valence-electron chi connectivity index (χ0n) is 14.3. The van der Waals surface area contributed by atoms with Gasteiger partial charge >= 0.3 is 6.09 Å². The van der Waals surface area contributed by atoms with Gasteiger partial charge in [-0.2, -0.15) is 5.10 Å². The monoisotopic (exact) mass is 337 g/mol. The van der Waals surface area contributed by atoms with Crippen molar-refractivity contribution in [3.05, 3.63) is 54.1 Å². The van der Waals surface area contributed by atoms with Crippen molar-refractivity contribution in [2.75, 3.05) is 4.90 Å². The minimum atomic E-state index is -1.06. The van der Waals surface area contributed by atoms with E-state index in [1.54, 1.807) is 22.9 Å². The molecule has 0 unspecified atom stereocenters. The van der Waals surface area contributed by atoms with E-state index >= 15 is 0 Å². The van der Waals surface area contributed by atoms with Crippen LogP contribution in [0.2, 0.25) is 0 Å². The van der Waals surface area contributed by atoms with E-state index < -0.39 is 11.6 Å². The van der Waals surface area contributed by atoms with E-state index in [1.165, 1.54) is 4.90 Å². The molecule has 0 aliphatic rings. The zero-order chi connectivity index (χ0) is 18.2. The Morgan fingerprint density at radius 3 is 2.40 bits per heavy atom. The van der Waals surface area contributed by atoms with Crippen molar-refractivity contribution in [1.29, 1.82) is 0 Å². The molecule has 3 rings (SSSR count). The molecule has 6 heteroatoms.